The van der Waals surface area contributed by atoms with Gasteiger partial charge in [-0.1, -0.05) is 12.1 Å². The molecule has 1 aliphatic rings. The molecule has 7 nitrogen and oxygen atoms in total. The maximum atomic E-state index is 12.2. The van der Waals surface area contributed by atoms with E-state index in [1.807, 2.05) is 6.07 Å². The third-order valence-electron chi connectivity index (χ3n) is 4.36. The van der Waals surface area contributed by atoms with Gasteiger partial charge in [0.2, 0.25) is 5.91 Å². The van der Waals surface area contributed by atoms with Crippen molar-refractivity contribution in [3.63, 3.8) is 0 Å². The molecule has 0 aromatic heterocycles. The van der Waals surface area contributed by atoms with E-state index in [1.54, 1.807) is 53.4 Å². The van der Waals surface area contributed by atoms with Crippen LogP contribution in [-0.2, 0) is 20.9 Å². The fourth-order valence-corrected chi connectivity index (χ4v) is 2.91. The van der Waals surface area contributed by atoms with Crippen LogP contribution in [0.3, 0.4) is 0 Å². The van der Waals surface area contributed by atoms with Crippen molar-refractivity contribution in [3.05, 3.63) is 65.2 Å². The third kappa shape index (κ3) is 4.74. The second kappa shape index (κ2) is 8.82. The fourth-order valence-electron chi connectivity index (χ4n) is 2.91. The number of nitrogens with zero attached hydrogens (tertiary/aromatic N) is 2. The highest BCUT2D eigenvalue weighted by molar-refractivity contribution is 5.98. The van der Waals surface area contributed by atoms with Gasteiger partial charge in [-0.2, -0.15) is 5.26 Å². The first-order valence-electron chi connectivity index (χ1n) is 8.90. The number of nitrogens with one attached hydrogen (secondary N) is 1. The first-order chi connectivity index (χ1) is 13.6. The normalized spacial score (nSPS) is 13.1. The average molecular weight is 377 g/mol. The Morgan fingerprint density at radius 2 is 1.96 bits per heavy atom. The monoisotopic (exact) mass is 377 g/mol. The van der Waals surface area contributed by atoms with Gasteiger partial charge in [-0.3, -0.25) is 14.4 Å². The van der Waals surface area contributed by atoms with E-state index in [9.17, 15) is 14.4 Å². The van der Waals surface area contributed by atoms with E-state index >= 15 is 0 Å². The van der Waals surface area contributed by atoms with Gasteiger partial charge in [-0.15, -0.1) is 0 Å². The minimum Gasteiger partial charge on any atom is -0.460 e. The number of hydrogen-bond acceptors (Lipinski definition) is 5. The quantitative estimate of drug-likeness (QED) is 0.778. The molecule has 0 spiro atoms. The third-order valence-corrected chi connectivity index (χ3v) is 4.36. The molecular formula is C21H19N3O4. The lowest BCUT2D eigenvalue weighted by atomic mass is 10.1. The lowest BCUT2D eigenvalue weighted by molar-refractivity contribution is -0.143. The second-order valence-corrected chi connectivity index (χ2v) is 6.35. The molecule has 1 N–H and O–H groups in total. The molecule has 1 fully saturated rings. The number of ether oxygens (including phenoxy) is 1. The first kappa shape index (κ1) is 19.1. The number of carbonyl (C=O) groups excluding carboxylic acids is 3. The fraction of sp³-hybridized carbons (Fsp3) is 0.238. The number of benzene rings is 2. The van der Waals surface area contributed by atoms with Crippen molar-refractivity contribution in [3.8, 4) is 6.07 Å². The predicted molar refractivity (Wildman–Crippen MR) is 101 cm³/mol. The van der Waals surface area contributed by atoms with Crippen molar-refractivity contribution in [2.75, 3.05) is 18.0 Å². The molecule has 2 amide bonds. The minimum atomic E-state index is -0.574. The molecule has 0 atom stereocenters. The van der Waals surface area contributed by atoms with E-state index in [1.165, 1.54) is 0 Å². The summed E-state index contributed by atoms with van der Waals surface area (Å²) in [5.74, 6) is -0.891. The lowest BCUT2D eigenvalue weighted by Gasteiger charge is -2.15. The Balaban J connectivity index is 1.47. The first-order valence-corrected chi connectivity index (χ1v) is 8.90. The van der Waals surface area contributed by atoms with E-state index in [2.05, 4.69) is 5.32 Å². The van der Waals surface area contributed by atoms with Gasteiger partial charge in [0.15, 0.2) is 0 Å². The van der Waals surface area contributed by atoms with E-state index in [0.29, 0.717) is 29.7 Å². The van der Waals surface area contributed by atoms with Crippen LogP contribution < -0.4 is 10.2 Å². The second-order valence-electron chi connectivity index (χ2n) is 6.35. The molecule has 0 saturated carbocycles. The zero-order chi connectivity index (χ0) is 19.9. The van der Waals surface area contributed by atoms with E-state index in [-0.39, 0.29) is 19.1 Å². The molecule has 0 radical (unpaired) electrons. The molecule has 1 saturated heterocycles. The topological polar surface area (TPSA) is 99.5 Å². The van der Waals surface area contributed by atoms with Crippen molar-refractivity contribution in [1.82, 2.24) is 5.32 Å². The van der Waals surface area contributed by atoms with Crippen LogP contribution in [0.2, 0.25) is 0 Å². The molecule has 1 heterocycles. The van der Waals surface area contributed by atoms with E-state index in [4.69, 9.17) is 10.00 Å². The number of esters is 1. The molecule has 7 heteroatoms. The summed E-state index contributed by atoms with van der Waals surface area (Å²) in [6.45, 7) is 0.458. The average Bonchev–Trinajstić information content (AvgIpc) is 3.16. The molecule has 3 rings (SSSR count). The lowest BCUT2D eigenvalue weighted by Crippen LogP contribution is -2.30. The van der Waals surface area contributed by atoms with Crippen LogP contribution >= 0.6 is 0 Å². The highest BCUT2D eigenvalue weighted by atomic mass is 16.5. The summed E-state index contributed by atoms with van der Waals surface area (Å²) in [7, 11) is 0. The molecule has 0 unspecified atom stereocenters. The van der Waals surface area contributed by atoms with Gasteiger partial charge in [0.1, 0.15) is 13.2 Å². The zero-order valence-corrected chi connectivity index (χ0v) is 15.2. The number of amides is 2. The largest absolute Gasteiger partial charge is 0.460 e. The van der Waals surface area contributed by atoms with Gasteiger partial charge in [0.25, 0.3) is 5.91 Å². The van der Waals surface area contributed by atoms with Crippen LogP contribution in [0.25, 0.3) is 0 Å². The minimum absolute atomic E-state index is 0.0305. The van der Waals surface area contributed by atoms with E-state index < -0.39 is 11.9 Å². The maximum absolute atomic E-state index is 12.2. The summed E-state index contributed by atoms with van der Waals surface area (Å²) in [5, 5.41) is 11.4. The molecule has 28 heavy (non-hydrogen) atoms. The summed E-state index contributed by atoms with van der Waals surface area (Å²) in [5.41, 5.74) is 2.34. The molecule has 1 aliphatic heterocycles. The van der Waals surface area contributed by atoms with Crippen LogP contribution in [-0.4, -0.2) is 30.9 Å². The summed E-state index contributed by atoms with van der Waals surface area (Å²) in [6.07, 6.45) is 1.38. The molecule has 0 aliphatic carbocycles. The summed E-state index contributed by atoms with van der Waals surface area (Å²) in [4.78, 5) is 37.4. The smallest absolute Gasteiger partial charge is 0.325 e. The van der Waals surface area contributed by atoms with Gasteiger partial charge in [-0.05, 0) is 48.4 Å². The number of rotatable bonds is 6. The van der Waals surface area contributed by atoms with Crippen molar-refractivity contribution >= 4 is 23.5 Å². The van der Waals surface area contributed by atoms with Crippen LogP contribution in [0.1, 0.15) is 34.3 Å². The summed E-state index contributed by atoms with van der Waals surface area (Å²) in [6, 6.07) is 15.5. The molecule has 2 aromatic carbocycles. The Morgan fingerprint density at radius 1 is 1.18 bits per heavy atom. The van der Waals surface area contributed by atoms with Gasteiger partial charge >= 0.3 is 5.97 Å². The van der Waals surface area contributed by atoms with Crippen LogP contribution in [0.4, 0.5) is 5.69 Å². The van der Waals surface area contributed by atoms with Crippen LogP contribution in [0.5, 0.6) is 0 Å². The molecular weight excluding hydrogens is 358 g/mol. The van der Waals surface area contributed by atoms with E-state index in [0.717, 1.165) is 12.1 Å². The Kier molecular flexibility index (Phi) is 6.02. The van der Waals surface area contributed by atoms with Gasteiger partial charge in [-0.25, -0.2) is 0 Å². The number of hydrogen-bond donors (Lipinski definition) is 1. The Hall–Kier alpha value is -3.66. The predicted octanol–water partition coefficient (Wildman–Crippen LogP) is 2.16. The summed E-state index contributed by atoms with van der Waals surface area (Å²) >= 11 is 0. The maximum Gasteiger partial charge on any atom is 0.325 e. The Morgan fingerprint density at radius 3 is 2.64 bits per heavy atom. The standard InChI is InChI=1S/C21H19N3O4/c22-12-15-3-1-4-16(11-15)14-28-20(26)13-23-21(27)17-6-8-18(9-7-17)24-10-2-5-19(24)25/h1,3-4,6-9,11H,2,5,10,13-14H2,(H,23,27). The van der Waals surface area contributed by atoms with Gasteiger partial charge in [0.05, 0.1) is 11.6 Å². The van der Waals surface area contributed by atoms with Gasteiger partial charge in [0, 0.05) is 24.2 Å². The Bertz CT molecular complexity index is 931. The molecule has 142 valence electrons. The zero-order valence-electron chi connectivity index (χ0n) is 15.2. The highest BCUT2D eigenvalue weighted by Gasteiger charge is 2.21. The van der Waals surface area contributed by atoms with Crippen molar-refractivity contribution in [2.45, 2.75) is 19.4 Å². The number of nitriles is 1. The van der Waals surface area contributed by atoms with Crippen molar-refractivity contribution in [2.24, 2.45) is 0 Å². The van der Waals surface area contributed by atoms with Gasteiger partial charge < -0.3 is 15.0 Å². The van der Waals surface area contributed by atoms with Crippen LogP contribution in [0.15, 0.2) is 48.5 Å². The molecule has 0 bridgehead atoms. The SMILES string of the molecule is N#Cc1cccc(COC(=O)CNC(=O)c2ccc(N3CCCC3=O)cc2)c1. The Labute approximate surface area is 162 Å². The number of carbonyl (C=O) groups is 3. The highest BCUT2D eigenvalue weighted by Crippen LogP contribution is 2.21. The van der Waals surface area contributed by atoms with Crippen molar-refractivity contribution < 1.29 is 19.1 Å². The van der Waals surface area contributed by atoms with Crippen LogP contribution in [0, 0.1) is 11.3 Å². The van der Waals surface area contributed by atoms with Crippen molar-refractivity contribution in [1.29, 1.82) is 5.26 Å². The number of anilines is 1. The molecule has 2 aromatic rings. The summed E-state index contributed by atoms with van der Waals surface area (Å²) < 4.78 is 5.11.